The first kappa shape index (κ1) is 14.3. The van der Waals surface area contributed by atoms with E-state index >= 15 is 0 Å². The summed E-state index contributed by atoms with van der Waals surface area (Å²) in [6.45, 7) is 1.69. The summed E-state index contributed by atoms with van der Waals surface area (Å²) >= 11 is 0. The number of aryl methyl sites for hydroxylation is 1. The lowest BCUT2D eigenvalue weighted by Crippen LogP contribution is -1.94. The van der Waals surface area contributed by atoms with E-state index in [9.17, 15) is 4.39 Å². The largest absolute Gasteiger partial charge is 0.493 e. The molecule has 0 atom stereocenters. The summed E-state index contributed by atoms with van der Waals surface area (Å²) in [6, 6.07) is 7.34. The molecular weight excluding hydrogens is 283 g/mol. The van der Waals surface area contributed by atoms with Gasteiger partial charge in [0.05, 0.1) is 19.7 Å². The molecule has 0 radical (unpaired) electrons. The van der Waals surface area contributed by atoms with Crippen LogP contribution in [0.15, 0.2) is 36.7 Å². The first-order chi connectivity index (χ1) is 10.6. The van der Waals surface area contributed by atoms with Gasteiger partial charge in [0.1, 0.15) is 0 Å². The molecule has 4 nitrogen and oxygen atoms in total. The number of aromatic nitrogens is 2. The van der Waals surface area contributed by atoms with Crippen LogP contribution in [0.1, 0.15) is 5.56 Å². The molecule has 0 aliphatic heterocycles. The summed E-state index contributed by atoms with van der Waals surface area (Å²) in [5.74, 6) is 0.783. The number of methoxy groups -OCH3 is 2. The van der Waals surface area contributed by atoms with E-state index in [1.165, 1.54) is 6.20 Å². The molecule has 0 fully saturated rings. The Kier molecular flexibility index (Phi) is 3.63. The predicted octanol–water partition coefficient (Wildman–Crippen LogP) is 3.76. The Bertz CT molecular complexity index is 849. The van der Waals surface area contributed by atoms with Crippen LogP contribution in [0.25, 0.3) is 22.0 Å². The van der Waals surface area contributed by atoms with E-state index in [0.717, 1.165) is 22.0 Å². The highest BCUT2D eigenvalue weighted by molar-refractivity contribution is 5.96. The summed E-state index contributed by atoms with van der Waals surface area (Å²) in [7, 11) is 3.17. The van der Waals surface area contributed by atoms with E-state index in [1.54, 1.807) is 33.4 Å². The molecule has 0 aliphatic carbocycles. The number of benzene rings is 1. The third-order valence-corrected chi connectivity index (χ3v) is 3.57. The Morgan fingerprint density at radius 1 is 1.00 bits per heavy atom. The van der Waals surface area contributed by atoms with E-state index < -0.39 is 5.95 Å². The SMILES string of the molecule is COc1cc2nccc(-c3cnc(F)c(C)c3)c2cc1OC. The molecule has 112 valence electrons. The fourth-order valence-corrected chi connectivity index (χ4v) is 2.43. The van der Waals surface area contributed by atoms with Crippen LogP contribution in [0, 0.1) is 12.9 Å². The molecule has 0 saturated carbocycles. The van der Waals surface area contributed by atoms with Crippen LogP contribution >= 0.6 is 0 Å². The van der Waals surface area contributed by atoms with E-state index in [2.05, 4.69) is 9.97 Å². The molecule has 2 heterocycles. The van der Waals surface area contributed by atoms with Crippen LogP contribution in [0.5, 0.6) is 11.5 Å². The molecule has 0 bridgehead atoms. The van der Waals surface area contributed by atoms with Crippen LogP contribution < -0.4 is 9.47 Å². The van der Waals surface area contributed by atoms with Crippen molar-refractivity contribution in [2.75, 3.05) is 14.2 Å². The van der Waals surface area contributed by atoms with Gasteiger partial charge in [-0.05, 0) is 30.7 Å². The Hall–Kier alpha value is -2.69. The molecule has 5 heteroatoms. The highest BCUT2D eigenvalue weighted by atomic mass is 19.1. The first-order valence-electron chi connectivity index (χ1n) is 6.77. The average molecular weight is 298 g/mol. The number of ether oxygens (including phenoxy) is 2. The zero-order chi connectivity index (χ0) is 15.7. The third kappa shape index (κ3) is 2.35. The second kappa shape index (κ2) is 5.60. The van der Waals surface area contributed by atoms with Gasteiger partial charge in [0.2, 0.25) is 5.95 Å². The minimum atomic E-state index is -0.457. The maximum atomic E-state index is 13.4. The highest BCUT2D eigenvalue weighted by Crippen LogP contribution is 2.36. The normalized spacial score (nSPS) is 10.7. The summed E-state index contributed by atoms with van der Waals surface area (Å²) in [4.78, 5) is 8.16. The predicted molar refractivity (Wildman–Crippen MR) is 82.8 cm³/mol. The fraction of sp³-hybridized carbons (Fsp3) is 0.176. The van der Waals surface area contributed by atoms with Crippen LogP contribution in [0.3, 0.4) is 0 Å². The number of rotatable bonds is 3. The van der Waals surface area contributed by atoms with Gasteiger partial charge in [0, 0.05) is 35.0 Å². The molecule has 0 N–H and O–H groups in total. The number of halogens is 1. The van der Waals surface area contributed by atoms with Gasteiger partial charge < -0.3 is 9.47 Å². The van der Waals surface area contributed by atoms with Crippen molar-refractivity contribution in [2.45, 2.75) is 6.92 Å². The monoisotopic (exact) mass is 298 g/mol. The molecule has 0 saturated heterocycles. The van der Waals surface area contributed by atoms with Gasteiger partial charge >= 0.3 is 0 Å². The Morgan fingerprint density at radius 3 is 2.41 bits per heavy atom. The number of fused-ring (bicyclic) bond motifs is 1. The number of hydrogen-bond donors (Lipinski definition) is 0. The van der Waals surface area contributed by atoms with E-state index in [-0.39, 0.29) is 0 Å². The van der Waals surface area contributed by atoms with Crippen LogP contribution in [0.2, 0.25) is 0 Å². The van der Waals surface area contributed by atoms with Gasteiger partial charge in [-0.2, -0.15) is 4.39 Å². The molecule has 3 aromatic rings. The van der Waals surface area contributed by atoms with Gasteiger partial charge in [-0.1, -0.05) is 0 Å². The summed E-state index contributed by atoms with van der Waals surface area (Å²) in [6.07, 6.45) is 3.23. The third-order valence-electron chi connectivity index (χ3n) is 3.57. The average Bonchev–Trinajstić information content (AvgIpc) is 2.55. The molecule has 0 aliphatic rings. The van der Waals surface area contributed by atoms with Gasteiger partial charge in [-0.3, -0.25) is 4.98 Å². The fourth-order valence-electron chi connectivity index (χ4n) is 2.43. The molecule has 2 aromatic heterocycles. The minimum Gasteiger partial charge on any atom is -0.493 e. The highest BCUT2D eigenvalue weighted by Gasteiger charge is 2.12. The lowest BCUT2D eigenvalue weighted by Gasteiger charge is -2.12. The second-order valence-corrected chi connectivity index (χ2v) is 4.91. The van der Waals surface area contributed by atoms with Crippen LogP contribution in [-0.2, 0) is 0 Å². The van der Waals surface area contributed by atoms with Crippen molar-refractivity contribution >= 4 is 10.9 Å². The quantitative estimate of drug-likeness (QED) is 0.691. The zero-order valence-corrected chi connectivity index (χ0v) is 12.6. The maximum absolute atomic E-state index is 13.4. The first-order valence-corrected chi connectivity index (χ1v) is 6.77. The van der Waals surface area contributed by atoms with Gasteiger partial charge in [-0.15, -0.1) is 0 Å². The lowest BCUT2D eigenvalue weighted by atomic mass is 10.0. The van der Waals surface area contributed by atoms with E-state index in [1.807, 2.05) is 18.2 Å². The maximum Gasteiger partial charge on any atom is 0.215 e. The summed E-state index contributed by atoms with van der Waals surface area (Å²) in [5.41, 5.74) is 3.03. The standard InChI is InChI=1S/C17H15FN2O2/c1-10-6-11(9-20-17(10)18)12-4-5-19-14-8-16(22-3)15(21-2)7-13(12)14/h4-9H,1-3H3. The number of hydrogen-bond acceptors (Lipinski definition) is 4. The Labute approximate surface area is 127 Å². The van der Waals surface area contributed by atoms with E-state index in [0.29, 0.717) is 17.1 Å². The van der Waals surface area contributed by atoms with Gasteiger partial charge in [0.25, 0.3) is 0 Å². The lowest BCUT2D eigenvalue weighted by molar-refractivity contribution is 0.356. The Morgan fingerprint density at radius 2 is 1.73 bits per heavy atom. The van der Waals surface area contributed by atoms with E-state index in [4.69, 9.17) is 9.47 Å². The van der Waals surface area contributed by atoms with Gasteiger partial charge in [-0.25, -0.2) is 4.98 Å². The molecule has 1 aromatic carbocycles. The molecular formula is C17H15FN2O2. The number of pyridine rings is 2. The Balaban J connectivity index is 2.27. The second-order valence-electron chi connectivity index (χ2n) is 4.91. The summed E-state index contributed by atoms with van der Waals surface area (Å²) in [5, 5.41) is 0.896. The van der Waals surface area contributed by atoms with Crippen molar-refractivity contribution in [1.29, 1.82) is 0 Å². The minimum absolute atomic E-state index is 0.457. The smallest absolute Gasteiger partial charge is 0.215 e. The van der Waals surface area contributed by atoms with Crippen molar-refractivity contribution in [3.63, 3.8) is 0 Å². The molecule has 0 amide bonds. The topological polar surface area (TPSA) is 44.2 Å². The van der Waals surface area contributed by atoms with Crippen LogP contribution in [0.4, 0.5) is 4.39 Å². The van der Waals surface area contributed by atoms with Crippen LogP contribution in [-0.4, -0.2) is 24.2 Å². The van der Waals surface area contributed by atoms with Crippen molar-refractivity contribution in [3.05, 3.63) is 48.2 Å². The molecule has 22 heavy (non-hydrogen) atoms. The number of nitrogens with zero attached hydrogens (tertiary/aromatic N) is 2. The van der Waals surface area contributed by atoms with Crippen molar-refractivity contribution in [1.82, 2.24) is 9.97 Å². The molecule has 0 spiro atoms. The molecule has 3 rings (SSSR count). The van der Waals surface area contributed by atoms with Gasteiger partial charge in [0.15, 0.2) is 11.5 Å². The summed E-state index contributed by atoms with van der Waals surface area (Å²) < 4.78 is 24.0. The van der Waals surface area contributed by atoms with Crippen molar-refractivity contribution < 1.29 is 13.9 Å². The van der Waals surface area contributed by atoms with Crippen molar-refractivity contribution in [2.24, 2.45) is 0 Å². The molecule has 0 unspecified atom stereocenters. The van der Waals surface area contributed by atoms with Crippen molar-refractivity contribution in [3.8, 4) is 22.6 Å². The zero-order valence-electron chi connectivity index (χ0n) is 12.6.